The molecule has 7 aromatic carbocycles. The Morgan fingerprint density at radius 3 is 1.54 bits per heavy atom. The number of anilines is 2. The lowest BCUT2D eigenvalue weighted by Gasteiger charge is -2.31. The lowest BCUT2D eigenvalue weighted by atomic mass is 9.82. The number of piperidine rings is 2. The Morgan fingerprint density at radius 2 is 0.860 bits per heavy atom. The molecule has 0 radical (unpaired) electrons. The van der Waals surface area contributed by atoms with Gasteiger partial charge in [0, 0.05) is 37.6 Å². The average Bonchev–Trinajstić information content (AvgIpc) is 3.48. The van der Waals surface area contributed by atoms with E-state index in [1.54, 1.807) is 0 Å². The molecule has 0 amide bonds. The van der Waals surface area contributed by atoms with Gasteiger partial charge in [-0.15, -0.1) is 0 Å². The number of hydrogen-bond donors (Lipinski definition) is 0. The highest BCUT2D eigenvalue weighted by Crippen LogP contribution is 2.52. The van der Waals surface area contributed by atoms with Gasteiger partial charge in [0.15, 0.2) is 0 Å². The van der Waals surface area contributed by atoms with Crippen LogP contribution in [0.4, 0.5) is 11.4 Å². The molecule has 0 aromatic heterocycles. The van der Waals surface area contributed by atoms with E-state index in [-0.39, 0.29) is 0 Å². The Labute approximate surface area is 295 Å². The summed E-state index contributed by atoms with van der Waals surface area (Å²) >= 11 is 0. The second-order valence-corrected chi connectivity index (χ2v) is 14.6. The van der Waals surface area contributed by atoms with E-state index in [1.165, 1.54) is 127 Å². The van der Waals surface area contributed by atoms with Crippen LogP contribution in [0.5, 0.6) is 0 Å². The van der Waals surface area contributed by atoms with Gasteiger partial charge < -0.3 is 9.80 Å². The third-order valence-electron chi connectivity index (χ3n) is 11.8. The minimum absolute atomic E-state index is 1.12. The Morgan fingerprint density at radius 1 is 0.360 bits per heavy atom. The van der Waals surface area contributed by atoms with Crippen LogP contribution in [0.2, 0.25) is 0 Å². The molecule has 0 N–H and O–H groups in total. The summed E-state index contributed by atoms with van der Waals surface area (Å²) in [5, 5.41) is 7.87. The number of fused-ring (bicyclic) bond motifs is 6. The van der Waals surface area contributed by atoms with E-state index < -0.39 is 0 Å². The fraction of sp³-hybridized carbons (Fsp3) is 0.208. The lowest BCUT2D eigenvalue weighted by Crippen LogP contribution is -2.29. The SMILES string of the molecule is C=C1c2ccccc2-c2cccc(-c3c4cc(N5CCCCC5)ccc4c(-c4cccc5ccccc45)c4cc(N5CCCCC5)ccc34)c21. The molecule has 0 spiro atoms. The van der Waals surface area contributed by atoms with Crippen molar-refractivity contribution in [3.8, 4) is 33.4 Å². The minimum Gasteiger partial charge on any atom is -0.372 e. The van der Waals surface area contributed by atoms with Gasteiger partial charge in [0.25, 0.3) is 0 Å². The Bertz CT molecular complexity index is 2470. The molecule has 2 nitrogen and oxygen atoms in total. The quantitative estimate of drug-likeness (QED) is 0.176. The molecule has 0 unspecified atom stereocenters. The van der Waals surface area contributed by atoms with Gasteiger partial charge in [0.2, 0.25) is 0 Å². The third kappa shape index (κ3) is 4.62. The zero-order valence-corrected chi connectivity index (χ0v) is 28.7. The summed E-state index contributed by atoms with van der Waals surface area (Å²) in [5.74, 6) is 0. The molecular formula is C48H42N2. The van der Waals surface area contributed by atoms with Crippen molar-refractivity contribution in [3.05, 3.63) is 139 Å². The molecule has 2 heterocycles. The van der Waals surface area contributed by atoms with Crippen LogP contribution in [0.3, 0.4) is 0 Å². The van der Waals surface area contributed by atoms with Gasteiger partial charge in [-0.25, -0.2) is 0 Å². The molecule has 1 aliphatic carbocycles. The van der Waals surface area contributed by atoms with Crippen molar-refractivity contribution in [1.82, 2.24) is 0 Å². The van der Waals surface area contributed by atoms with Crippen LogP contribution in [0.15, 0.2) is 128 Å². The van der Waals surface area contributed by atoms with Gasteiger partial charge in [0.1, 0.15) is 0 Å². The van der Waals surface area contributed by atoms with E-state index in [2.05, 4.69) is 131 Å². The molecule has 50 heavy (non-hydrogen) atoms. The summed E-state index contributed by atoms with van der Waals surface area (Å²) in [6.45, 7) is 9.23. The molecule has 2 heteroatoms. The van der Waals surface area contributed by atoms with Gasteiger partial charge >= 0.3 is 0 Å². The van der Waals surface area contributed by atoms with Crippen LogP contribution < -0.4 is 9.80 Å². The van der Waals surface area contributed by atoms with Crippen molar-refractivity contribution < 1.29 is 0 Å². The van der Waals surface area contributed by atoms with E-state index in [0.29, 0.717) is 0 Å². The lowest BCUT2D eigenvalue weighted by molar-refractivity contribution is 0.578. The Kier molecular flexibility index (Phi) is 7.05. The Balaban J connectivity index is 1.34. The first kappa shape index (κ1) is 29.6. The fourth-order valence-electron chi connectivity index (χ4n) is 9.35. The van der Waals surface area contributed by atoms with E-state index in [4.69, 9.17) is 6.58 Å². The first-order chi connectivity index (χ1) is 24.7. The molecule has 244 valence electrons. The molecule has 0 saturated carbocycles. The highest BCUT2D eigenvalue weighted by atomic mass is 15.1. The molecule has 7 aromatic rings. The first-order valence-corrected chi connectivity index (χ1v) is 18.7. The number of benzene rings is 7. The smallest absolute Gasteiger partial charge is 0.0372 e. The molecular weight excluding hydrogens is 605 g/mol. The normalized spacial score (nSPS) is 16.0. The maximum Gasteiger partial charge on any atom is 0.0372 e. The van der Waals surface area contributed by atoms with Gasteiger partial charge in [0.05, 0.1) is 0 Å². The summed E-state index contributed by atoms with van der Waals surface area (Å²) in [6.07, 6.45) is 7.68. The standard InChI is InChI=1S/C48H42N2/c1-32-36-16-6-7-18-38(36)40-20-13-21-43(46(32)40)48-42-25-23-34(49-26-8-2-9-27-49)30-44(42)47(39-19-12-15-33-14-4-5-17-37(33)39)41-24-22-35(31-45(41)48)50-28-10-3-11-29-50/h4-7,12-25,30-31H,1-3,8-11,26-29H2. The molecule has 3 aliphatic rings. The van der Waals surface area contributed by atoms with Crippen molar-refractivity contribution in [2.75, 3.05) is 36.0 Å². The molecule has 10 rings (SSSR count). The van der Waals surface area contributed by atoms with Crippen LogP contribution in [-0.2, 0) is 0 Å². The van der Waals surface area contributed by atoms with Crippen LogP contribution in [-0.4, -0.2) is 26.2 Å². The van der Waals surface area contributed by atoms with Crippen molar-refractivity contribution in [2.24, 2.45) is 0 Å². The van der Waals surface area contributed by atoms with E-state index in [1.807, 2.05) is 0 Å². The van der Waals surface area contributed by atoms with Crippen molar-refractivity contribution in [3.63, 3.8) is 0 Å². The maximum atomic E-state index is 4.73. The van der Waals surface area contributed by atoms with Crippen LogP contribution in [0.25, 0.3) is 71.3 Å². The van der Waals surface area contributed by atoms with Gasteiger partial charge in [-0.1, -0.05) is 104 Å². The van der Waals surface area contributed by atoms with Crippen LogP contribution in [0.1, 0.15) is 49.7 Å². The highest BCUT2D eigenvalue weighted by Gasteiger charge is 2.28. The summed E-state index contributed by atoms with van der Waals surface area (Å²) < 4.78 is 0. The monoisotopic (exact) mass is 646 g/mol. The van der Waals surface area contributed by atoms with Gasteiger partial charge in [-0.05, 0) is 145 Å². The molecule has 2 aliphatic heterocycles. The predicted octanol–water partition coefficient (Wildman–Crippen LogP) is 12.5. The summed E-state index contributed by atoms with van der Waals surface area (Å²) in [7, 11) is 0. The maximum absolute atomic E-state index is 4.73. The summed E-state index contributed by atoms with van der Waals surface area (Å²) in [6, 6.07) is 46.2. The van der Waals surface area contributed by atoms with E-state index >= 15 is 0 Å². The molecule has 0 bridgehead atoms. The fourth-order valence-corrected chi connectivity index (χ4v) is 9.35. The largest absolute Gasteiger partial charge is 0.372 e. The van der Waals surface area contributed by atoms with Crippen molar-refractivity contribution in [1.29, 1.82) is 0 Å². The van der Waals surface area contributed by atoms with Crippen molar-refractivity contribution in [2.45, 2.75) is 38.5 Å². The minimum atomic E-state index is 1.12. The van der Waals surface area contributed by atoms with E-state index in [9.17, 15) is 0 Å². The molecule has 0 atom stereocenters. The van der Waals surface area contributed by atoms with Crippen LogP contribution in [0, 0.1) is 0 Å². The zero-order valence-electron chi connectivity index (χ0n) is 28.7. The summed E-state index contributed by atoms with van der Waals surface area (Å²) in [5.41, 5.74) is 14.2. The zero-order chi connectivity index (χ0) is 33.2. The first-order valence-electron chi connectivity index (χ1n) is 18.7. The predicted molar refractivity (Wildman–Crippen MR) is 216 cm³/mol. The number of hydrogen-bond acceptors (Lipinski definition) is 2. The summed E-state index contributed by atoms with van der Waals surface area (Å²) in [4.78, 5) is 5.22. The van der Waals surface area contributed by atoms with E-state index in [0.717, 1.165) is 31.8 Å². The average molecular weight is 647 g/mol. The second kappa shape index (κ2) is 11.9. The molecule has 2 fully saturated rings. The molecule has 2 saturated heterocycles. The van der Waals surface area contributed by atoms with Crippen molar-refractivity contribution >= 4 is 49.3 Å². The number of nitrogens with zero attached hydrogens (tertiary/aromatic N) is 2. The van der Waals surface area contributed by atoms with Gasteiger partial charge in [-0.2, -0.15) is 0 Å². The van der Waals surface area contributed by atoms with Gasteiger partial charge in [-0.3, -0.25) is 0 Å². The number of rotatable bonds is 4. The third-order valence-corrected chi connectivity index (χ3v) is 11.8. The Hall–Kier alpha value is -5.34. The topological polar surface area (TPSA) is 6.48 Å². The van der Waals surface area contributed by atoms with Crippen LogP contribution >= 0.6 is 0 Å². The highest BCUT2D eigenvalue weighted by molar-refractivity contribution is 6.25. The second-order valence-electron chi connectivity index (χ2n) is 14.6.